The van der Waals surface area contributed by atoms with E-state index in [4.69, 9.17) is 0 Å². The molecule has 0 unspecified atom stereocenters. The van der Waals surface area contributed by atoms with Crippen molar-refractivity contribution in [2.75, 3.05) is 17.2 Å². The van der Waals surface area contributed by atoms with Crippen LogP contribution < -0.4 is 10.2 Å². The van der Waals surface area contributed by atoms with Gasteiger partial charge >= 0.3 is 0 Å². The summed E-state index contributed by atoms with van der Waals surface area (Å²) in [5, 5.41) is 12.3. The summed E-state index contributed by atoms with van der Waals surface area (Å²) in [7, 11) is 0. The molecule has 0 bridgehead atoms. The van der Waals surface area contributed by atoms with Crippen LogP contribution in [0.15, 0.2) is 82.4 Å². The molecule has 188 valence electrons. The number of nitrogens with one attached hydrogen (secondary N) is 1. The third-order valence-electron chi connectivity index (χ3n) is 6.21. The first kappa shape index (κ1) is 25.2. The fourth-order valence-corrected chi connectivity index (χ4v) is 5.51. The molecule has 1 N–H and O–H groups in total. The molecule has 2 heterocycles. The molecule has 0 spiro atoms. The Kier molecular flexibility index (Phi) is 7.71. The van der Waals surface area contributed by atoms with Crippen LogP contribution in [-0.4, -0.2) is 38.9 Å². The third kappa shape index (κ3) is 5.78. The second kappa shape index (κ2) is 11.3. The number of hydrogen-bond donors (Lipinski definition) is 1. The van der Waals surface area contributed by atoms with E-state index < -0.39 is 0 Å². The van der Waals surface area contributed by atoms with E-state index >= 15 is 0 Å². The summed E-state index contributed by atoms with van der Waals surface area (Å²) in [6.07, 6.45) is 1.94. The number of anilines is 1. The maximum atomic E-state index is 13.2. The molecule has 1 aliphatic heterocycles. The number of halogens is 1. The van der Waals surface area contributed by atoms with Crippen LogP contribution >= 0.6 is 27.7 Å². The fourth-order valence-electron chi connectivity index (χ4n) is 4.40. The number of aromatic nitrogens is 3. The average molecular weight is 577 g/mol. The van der Waals surface area contributed by atoms with Crippen molar-refractivity contribution in [2.24, 2.45) is 0 Å². The van der Waals surface area contributed by atoms with Gasteiger partial charge in [0.05, 0.1) is 12.3 Å². The van der Waals surface area contributed by atoms with Gasteiger partial charge in [0.2, 0.25) is 5.91 Å². The summed E-state index contributed by atoms with van der Waals surface area (Å²) in [5.41, 5.74) is 4.67. The molecule has 0 saturated heterocycles. The molecule has 9 heteroatoms. The van der Waals surface area contributed by atoms with Gasteiger partial charge < -0.3 is 10.2 Å². The lowest BCUT2D eigenvalue weighted by molar-refractivity contribution is -0.116. The first-order valence-corrected chi connectivity index (χ1v) is 13.8. The quantitative estimate of drug-likeness (QED) is 0.301. The molecular weight excluding hydrogens is 550 g/mol. The molecule has 4 aromatic rings. The van der Waals surface area contributed by atoms with Crippen LogP contribution in [0.1, 0.15) is 33.7 Å². The van der Waals surface area contributed by atoms with Crippen molar-refractivity contribution in [1.29, 1.82) is 0 Å². The molecule has 37 heavy (non-hydrogen) atoms. The second-order valence-corrected chi connectivity index (χ2v) is 10.7. The zero-order chi connectivity index (χ0) is 25.8. The normalized spacial score (nSPS) is 12.8. The number of aryl methyl sites for hydroxylation is 2. The van der Waals surface area contributed by atoms with Gasteiger partial charge in [0.15, 0.2) is 11.0 Å². The van der Waals surface area contributed by atoms with Crippen molar-refractivity contribution in [3.63, 3.8) is 0 Å². The highest BCUT2D eigenvalue weighted by molar-refractivity contribution is 9.10. The topological polar surface area (TPSA) is 80.1 Å². The number of carbonyl (C=O) groups is 2. The molecular formula is C28H26BrN5O2S. The van der Waals surface area contributed by atoms with Gasteiger partial charge in [0.25, 0.3) is 5.91 Å². The standard InChI is InChI=1S/C28H26BrN5O2S/c1-19-6-4-8-21(16-19)27(36)30-17-25-31-32-28(34(25)23-13-11-22(29)12-14-23)37-18-26(35)33-15-5-9-20-7-2-3-10-24(20)33/h2-4,6-8,10-14,16H,5,9,15,17-18H2,1H3,(H,30,36). The molecule has 2 amide bonds. The largest absolute Gasteiger partial charge is 0.345 e. The van der Waals surface area contributed by atoms with Crippen molar-refractivity contribution in [3.8, 4) is 5.69 Å². The Hall–Kier alpha value is -3.43. The van der Waals surface area contributed by atoms with Gasteiger partial charge in [-0.1, -0.05) is 63.6 Å². The minimum Gasteiger partial charge on any atom is -0.345 e. The number of carbonyl (C=O) groups excluding carboxylic acids is 2. The number of hydrogen-bond acceptors (Lipinski definition) is 5. The summed E-state index contributed by atoms with van der Waals surface area (Å²) in [6, 6.07) is 23.3. The smallest absolute Gasteiger partial charge is 0.251 e. The lowest BCUT2D eigenvalue weighted by atomic mass is 10.0. The van der Waals surface area contributed by atoms with Crippen molar-refractivity contribution >= 4 is 45.2 Å². The lowest BCUT2D eigenvalue weighted by Crippen LogP contribution is -2.36. The Morgan fingerprint density at radius 2 is 1.84 bits per heavy atom. The van der Waals surface area contributed by atoms with Crippen molar-refractivity contribution < 1.29 is 9.59 Å². The summed E-state index contributed by atoms with van der Waals surface area (Å²) < 4.78 is 2.84. The molecule has 7 nitrogen and oxygen atoms in total. The summed E-state index contributed by atoms with van der Waals surface area (Å²) in [6.45, 7) is 2.87. The Balaban J connectivity index is 1.35. The highest BCUT2D eigenvalue weighted by atomic mass is 79.9. The van der Waals surface area contributed by atoms with E-state index in [1.165, 1.54) is 17.3 Å². The van der Waals surface area contributed by atoms with E-state index in [2.05, 4.69) is 37.5 Å². The highest BCUT2D eigenvalue weighted by Gasteiger charge is 2.24. The van der Waals surface area contributed by atoms with Gasteiger partial charge in [-0.2, -0.15) is 0 Å². The zero-order valence-corrected chi connectivity index (χ0v) is 22.8. The van der Waals surface area contributed by atoms with Gasteiger partial charge in [-0.05, 0) is 67.8 Å². The van der Waals surface area contributed by atoms with Crippen molar-refractivity contribution in [2.45, 2.75) is 31.5 Å². The Morgan fingerprint density at radius 3 is 2.65 bits per heavy atom. The number of benzene rings is 3. The van der Waals surface area contributed by atoms with Crippen LogP contribution in [0.5, 0.6) is 0 Å². The van der Waals surface area contributed by atoms with Gasteiger partial charge in [-0.25, -0.2) is 0 Å². The molecule has 0 saturated carbocycles. The minimum absolute atomic E-state index is 0.0387. The van der Waals surface area contributed by atoms with Crippen LogP contribution in [0.25, 0.3) is 5.69 Å². The third-order valence-corrected chi connectivity index (χ3v) is 7.65. The fraction of sp³-hybridized carbons (Fsp3) is 0.214. The monoisotopic (exact) mass is 575 g/mol. The maximum Gasteiger partial charge on any atom is 0.251 e. The minimum atomic E-state index is -0.179. The molecule has 0 fully saturated rings. The van der Waals surface area contributed by atoms with E-state index in [0.717, 1.165) is 34.3 Å². The maximum absolute atomic E-state index is 13.2. The van der Waals surface area contributed by atoms with Crippen molar-refractivity contribution in [3.05, 3.63) is 99.8 Å². The SMILES string of the molecule is Cc1cccc(C(=O)NCc2nnc(SCC(=O)N3CCCc4ccccc43)n2-c2ccc(Br)cc2)c1. The summed E-state index contributed by atoms with van der Waals surface area (Å²) in [5.74, 6) is 0.680. The average Bonchev–Trinajstić information content (AvgIpc) is 3.33. The lowest BCUT2D eigenvalue weighted by Gasteiger charge is -2.29. The van der Waals surface area contributed by atoms with Crippen LogP contribution in [-0.2, 0) is 17.8 Å². The Morgan fingerprint density at radius 1 is 1.03 bits per heavy atom. The second-order valence-electron chi connectivity index (χ2n) is 8.83. The predicted octanol–water partition coefficient (Wildman–Crippen LogP) is 5.34. The van der Waals surface area contributed by atoms with E-state index in [0.29, 0.717) is 23.1 Å². The van der Waals surface area contributed by atoms with Crippen LogP contribution in [0.2, 0.25) is 0 Å². The van der Waals surface area contributed by atoms with E-state index in [1.807, 2.05) is 77.1 Å². The van der Waals surface area contributed by atoms with Gasteiger partial charge in [0, 0.05) is 28.0 Å². The van der Waals surface area contributed by atoms with Crippen LogP contribution in [0.3, 0.4) is 0 Å². The summed E-state index contributed by atoms with van der Waals surface area (Å²) >= 11 is 4.83. The number of fused-ring (bicyclic) bond motifs is 1. The zero-order valence-electron chi connectivity index (χ0n) is 20.4. The molecule has 3 aromatic carbocycles. The van der Waals surface area contributed by atoms with Crippen LogP contribution in [0.4, 0.5) is 5.69 Å². The molecule has 0 radical (unpaired) electrons. The van der Waals surface area contributed by atoms with Gasteiger partial charge in [-0.15, -0.1) is 10.2 Å². The first-order valence-electron chi connectivity index (χ1n) is 12.1. The van der Waals surface area contributed by atoms with Crippen LogP contribution in [0, 0.1) is 6.92 Å². The summed E-state index contributed by atoms with van der Waals surface area (Å²) in [4.78, 5) is 27.8. The van der Waals surface area contributed by atoms with E-state index in [9.17, 15) is 9.59 Å². The van der Waals surface area contributed by atoms with E-state index in [1.54, 1.807) is 6.07 Å². The number of thioether (sulfide) groups is 1. The predicted molar refractivity (Wildman–Crippen MR) is 149 cm³/mol. The molecule has 0 atom stereocenters. The number of nitrogens with zero attached hydrogens (tertiary/aromatic N) is 4. The molecule has 1 aromatic heterocycles. The highest BCUT2D eigenvalue weighted by Crippen LogP contribution is 2.29. The molecule has 0 aliphatic carbocycles. The molecule has 1 aliphatic rings. The van der Waals surface area contributed by atoms with Gasteiger partial charge in [0.1, 0.15) is 0 Å². The van der Waals surface area contributed by atoms with Crippen molar-refractivity contribution in [1.82, 2.24) is 20.1 Å². The number of para-hydroxylation sites is 1. The Bertz CT molecular complexity index is 1440. The first-order chi connectivity index (χ1) is 18.0. The number of amides is 2. The van der Waals surface area contributed by atoms with E-state index in [-0.39, 0.29) is 24.1 Å². The molecule has 5 rings (SSSR count). The van der Waals surface area contributed by atoms with Gasteiger partial charge in [-0.3, -0.25) is 14.2 Å². The Labute approximate surface area is 228 Å². The number of rotatable bonds is 7.